The number of aliphatic imine (C=N–C) groups is 2. The lowest BCUT2D eigenvalue weighted by molar-refractivity contribution is -0.149. The quantitative estimate of drug-likeness (QED) is 0.0231. The summed E-state index contributed by atoms with van der Waals surface area (Å²) in [4.78, 5) is 166. The van der Waals surface area contributed by atoms with E-state index in [2.05, 4.69) is 48.8 Å². The number of benzene rings is 1. The fourth-order valence-electron chi connectivity index (χ4n) is 11.3. The highest BCUT2D eigenvalue weighted by Crippen LogP contribution is 2.26. The van der Waals surface area contributed by atoms with Crippen molar-refractivity contribution in [2.24, 2.45) is 56.4 Å². The minimum absolute atomic E-state index is 0.0103. The van der Waals surface area contributed by atoms with Gasteiger partial charge in [0, 0.05) is 52.5 Å². The number of carbonyl (C=O) groups is 11. The molecule has 92 heavy (non-hydrogen) atoms. The maximum Gasteiger partial charge on any atom is 0.305 e. The number of guanidine groups is 2. The summed E-state index contributed by atoms with van der Waals surface area (Å²) < 4.78 is 0. The number of carboxylic acid groups (broad SMARTS) is 1. The van der Waals surface area contributed by atoms with E-state index in [1.165, 1.54) is 7.05 Å². The second-order valence-corrected chi connectivity index (χ2v) is 25.1. The molecular formula is C63H106N16O13. The number of nitrogens with zero attached hydrogens (tertiary/aromatic N) is 5. The van der Waals surface area contributed by atoms with Crippen molar-refractivity contribution in [2.75, 3.05) is 33.2 Å². The van der Waals surface area contributed by atoms with Crippen LogP contribution < -0.4 is 60.6 Å². The van der Waals surface area contributed by atoms with Gasteiger partial charge in [-0.1, -0.05) is 111 Å². The Bertz CT molecular complexity index is 2670. The summed E-state index contributed by atoms with van der Waals surface area (Å²) in [5, 5.41) is 37.2. The number of piperidine rings is 1. The highest BCUT2D eigenvalue weighted by atomic mass is 16.4. The average Bonchev–Trinajstić information content (AvgIpc) is 1.58. The topological polar surface area (TPSA) is 465 Å². The molecule has 0 radical (unpaired) electrons. The maximum absolute atomic E-state index is 15.0. The van der Waals surface area contributed by atoms with Crippen LogP contribution in [0.3, 0.4) is 0 Å². The molecule has 1 aromatic carbocycles. The van der Waals surface area contributed by atoms with E-state index >= 15 is 4.79 Å². The van der Waals surface area contributed by atoms with Crippen LogP contribution in [0.15, 0.2) is 40.3 Å². The lowest BCUT2D eigenvalue weighted by atomic mass is 9.97. The summed E-state index contributed by atoms with van der Waals surface area (Å²) in [6, 6.07) is -3.03. The Kier molecular flexibility index (Phi) is 34.0. The number of β-amino-alcohol motifs (C(OH)–C–C–N with tert-alkyl or cyclic N) is 1. The van der Waals surface area contributed by atoms with Crippen LogP contribution in [0, 0.1) is 17.8 Å². The first kappa shape index (κ1) is 78.1. The number of aliphatic hydroxyl groups is 1. The van der Waals surface area contributed by atoms with Gasteiger partial charge in [-0.3, -0.25) is 62.7 Å². The van der Waals surface area contributed by atoms with Crippen molar-refractivity contribution in [2.45, 2.75) is 231 Å². The number of rotatable bonds is 40. The molecule has 0 aliphatic carbocycles. The fraction of sp³-hybridized carbons (Fsp3) is 0.698. The van der Waals surface area contributed by atoms with Gasteiger partial charge in [-0.25, -0.2) is 0 Å². The van der Waals surface area contributed by atoms with Crippen molar-refractivity contribution < 1.29 is 63.0 Å². The van der Waals surface area contributed by atoms with Crippen LogP contribution in [0.1, 0.15) is 170 Å². The van der Waals surface area contributed by atoms with E-state index in [1.54, 1.807) is 76.8 Å². The first-order valence-corrected chi connectivity index (χ1v) is 32.5. The fourth-order valence-corrected chi connectivity index (χ4v) is 11.3. The Balaban J connectivity index is 1.97. The lowest BCUT2D eigenvalue weighted by Gasteiger charge is -2.36. The Morgan fingerprint density at radius 1 is 0.630 bits per heavy atom. The van der Waals surface area contributed by atoms with Crippen LogP contribution in [0.25, 0.3) is 0 Å². The third-order valence-corrected chi connectivity index (χ3v) is 16.5. The molecule has 18 N–H and O–H groups in total. The SMILES string of the molecule is CCCCCCCC(=O)N1CCCC[C@H]1C(=O)N[C@@H](Cc1ccccc1)C(=O)N[C@@H](CCCN=C(N)N)C(=O)N[C@@H](CC(C)C)C(=O)N1C[C@H](O)C[C@H]1C(=O)N(C)[C@H](CC(C)C)C(=O)N[C@@H](CC(=O)O)C(=O)N[C@@H](CCCN=C(N)N)C(=O)N[C@H](C(N)=O)[C@@H](C)CC. The van der Waals surface area contributed by atoms with E-state index in [0.29, 0.717) is 44.2 Å². The van der Waals surface area contributed by atoms with Gasteiger partial charge in [-0.05, 0) is 87.5 Å². The Hall–Kier alpha value is -8.11. The highest BCUT2D eigenvalue weighted by molar-refractivity contribution is 5.99. The number of likely N-dealkylation sites (N-methyl/N-ethyl adjacent to an activating group) is 1. The molecule has 2 aliphatic rings. The molecule has 1 aromatic rings. The van der Waals surface area contributed by atoms with Crippen LogP contribution in [0.4, 0.5) is 0 Å². The average molecular weight is 1300 g/mol. The molecule has 0 aromatic heterocycles. The number of hydrogen-bond donors (Lipinski definition) is 13. The predicted molar refractivity (Wildman–Crippen MR) is 347 cm³/mol. The number of nitrogens with one attached hydrogen (secondary N) is 6. The van der Waals surface area contributed by atoms with Gasteiger partial charge >= 0.3 is 5.97 Å². The predicted octanol–water partition coefficient (Wildman–Crippen LogP) is -0.126. The molecule has 10 amide bonds. The summed E-state index contributed by atoms with van der Waals surface area (Å²) in [7, 11) is 1.29. The number of hydrogen-bond acceptors (Lipinski definition) is 14. The van der Waals surface area contributed by atoms with E-state index in [1.807, 2.05) is 0 Å². The molecule has 29 nitrogen and oxygen atoms in total. The van der Waals surface area contributed by atoms with E-state index in [9.17, 15) is 58.2 Å². The van der Waals surface area contributed by atoms with Crippen molar-refractivity contribution in [3.8, 4) is 0 Å². The van der Waals surface area contributed by atoms with Gasteiger partial charge in [-0.15, -0.1) is 0 Å². The molecule has 2 aliphatic heterocycles. The van der Waals surface area contributed by atoms with Crippen LogP contribution in [0.2, 0.25) is 0 Å². The summed E-state index contributed by atoms with van der Waals surface area (Å²) in [5.74, 6) is -10.4. The molecule has 0 bridgehead atoms. The van der Waals surface area contributed by atoms with Crippen LogP contribution in [-0.2, 0) is 59.2 Å². The molecule has 0 unspecified atom stereocenters. The number of nitrogens with two attached hydrogens (primary N) is 5. The van der Waals surface area contributed by atoms with Crippen molar-refractivity contribution in [3.63, 3.8) is 0 Å². The molecule has 0 spiro atoms. The van der Waals surface area contributed by atoms with Crippen molar-refractivity contribution >= 4 is 77.0 Å². The minimum atomic E-state index is -1.83. The summed E-state index contributed by atoms with van der Waals surface area (Å²) in [5.41, 5.74) is 28.5. The van der Waals surface area contributed by atoms with Crippen molar-refractivity contribution in [3.05, 3.63) is 35.9 Å². The third kappa shape index (κ3) is 26.6. The zero-order chi connectivity index (χ0) is 68.8. The first-order valence-electron chi connectivity index (χ1n) is 32.5. The molecule has 516 valence electrons. The van der Waals surface area contributed by atoms with Gasteiger partial charge in [0.2, 0.25) is 59.1 Å². The van der Waals surface area contributed by atoms with Gasteiger partial charge in [0.05, 0.1) is 12.5 Å². The second-order valence-electron chi connectivity index (χ2n) is 25.1. The monoisotopic (exact) mass is 1290 g/mol. The molecule has 0 saturated carbocycles. The summed E-state index contributed by atoms with van der Waals surface area (Å²) in [6.07, 6.45) is 4.87. The number of carboxylic acids is 1. The summed E-state index contributed by atoms with van der Waals surface area (Å²) in [6.45, 7) is 12.8. The molecule has 29 heteroatoms. The zero-order valence-corrected chi connectivity index (χ0v) is 55.2. The van der Waals surface area contributed by atoms with Gasteiger partial charge in [0.1, 0.15) is 54.4 Å². The summed E-state index contributed by atoms with van der Waals surface area (Å²) >= 11 is 0. The Morgan fingerprint density at radius 3 is 1.72 bits per heavy atom. The zero-order valence-electron chi connectivity index (χ0n) is 55.2. The van der Waals surface area contributed by atoms with E-state index in [4.69, 9.17) is 28.7 Å². The first-order chi connectivity index (χ1) is 43.5. The van der Waals surface area contributed by atoms with Gasteiger partial charge in [0.25, 0.3) is 0 Å². The second kappa shape index (κ2) is 40.0. The molecular weight excluding hydrogens is 1190 g/mol. The number of aliphatic carboxylic acids is 1. The number of carbonyl (C=O) groups excluding carboxylic acids is 10. The normalized spacial score (nSPS) is 18.1. The van der Waals surface area contributed by atoms with Crippen LogP contribution >= 0.6 is 0 Å². The Morgan fingerprint density at radius 2 is 1.17 bits per heavy atom. The van der Waals surface area contributed by atoms with E-state index < -0.39 is 132 Å². The smallest absolute Gasteiger partial charge is 0.305 e. The highest BCUT2D eigenvalue weighted by Gasteiger charge is 2.46. The third-order valence-electron chi connectivity index (χ3n) is 16.5. The molecule has 2 heterocycles. The van der Waals surface area contributed by atoms with Crippen LogP contribution in [-0.4, -0.2) is 196 Å². The van der Waals surface area contributed by atoms with Crippen molar-refractivity contribution in [1.29, 1.82) is 0 Å². The molecule has 3 rings (SSSR count). The maximum atomic E-state index is 15.0. The lowest BCUT2D eigenvalue weighted by Crippen LogP contribution is -2.61. The largest absolute Gasteiger partial charge is 0.481 e. The number of likely N-dealkylation sites (tertiary alicyclic amines) is 2. The molecule has 11 atom stereocenters. The van der Waals surface area contributed by atoms with Gasteiger partial charge in [0.15, 0.2) is 11.9 Å². The standard InChI is InChI=1S/C63H106N16O13/c1-9-11-12-13-17-27-50(81)78-30-19-18-26-47(78)58(89)73-44(33-40-22-15-14-16-23-40)56(87)71-42(24-20-28-69-62(65)66)54(85)75-46(31-37(3)4)60(91)79-36-41(80)34-49(79)61(92)77(8)48(32-38(5)6)59(90)74-45(35-51(82)83)57(88)72-43(25-21-29-70-63(67)68)55(86)76-52(53(64)84)39(7)10-2/h14-16,22-23,37-39,41-49,52,80H,9-13,17-21,24-36H2,1-8H3,(H2,64,84)(H,71,87)(H,72,88)(H,73,89)(H,74,90)(H,75,85)(H,76,86)(H,82,83)(H4,65,66,69)(H4,67,68,70)/t39-,41+,42-,43-,44-,45-,46-,47-,48+,49-,52-/m0/s1. The number of primary amides is 1. The van der Waals surface area contributed by atoms with Gasteiger partial charge in [-0.2, -0.15) is 0 Å². The Labute approximate surface area is 541 Å². The van der Waals surface area contributed by atoms with Crippen molar-refractivity contribution in [1.82, 2.24) is 46.6 Å². The van der Waals surface area contributed by atoms with E-state index in [0.717, 1.165) is 41.9 Å². The number of aliphatic hydroxyl groups excluding tert-OH is 1. The number of amides is 10. The van der Waals surface area contributed by atoms with Gasteiger partial charge < -0.3 is 85.5 Å². The molecule has 2 fully saturated rings. The number of unbranched alkanes of at least 4 members (excludes halogenated alkanes) is 4. The van der Waals surface area contributed by atoms with E-state index in [-0.39, 0.29) is 101 Å². The minimum Gasteiger partial charge on any atom is -0.481 e. The molecule has 2 saturated heterocycles. The van der Waals surface area contributed by atoms with Crippen LogP contribution in [0.5, 0.6) is 0 Å².